The molecule has 0 aliphatic carbocycles. The molecule has 2 fully saturated rings. The Morgan fingerprint density at radius 3 is 2.38 bits per heavy atom. The van der Waals surface area contributed by atoms with E-state index in [4.69, 9.17) is 18.9 Å². The van der Waals surface area contributed by atoms with E-state index in [0.717, 1.165) is 38.8 Å². The maximum atomic E-state index is 12.8. The van der Waals surface area contributed by atoms with Gasteiger partial charge in [-0.2, -0.15) is 0 Å². The number of benzene rings is 1. The highest BCUT2D eigenvalue weighted by Crippen LogP contribution is 2.40. The highest BCUT2D eigenvalue weighted by Gasteiger charge is 2.43. The van der Waals surface area contributed by atoms with Crippen molar-refractivity contribution in [3.63, 3.8) is 0 Å². The van der Waals surface area contributed by atoms with Crippen LogP contribution in [0.15, 0.2) is 12.1 Å². The highest BCUT2D eigenvalue weighted by molar-refractivity contribution is 5.98. The van der Waals surface area contributed by atoms with Gasteiger partial charge in [0.25, 0.3) is 5.91 Å². The van der Waals surface area contributed by atoms with E-state index in [-0.39, 0.29) is 23.5 Å². The first-order chi connectivity index (χ1) is 15.3. The van der Waals surface area contributed by atoms with Crippen LogP contribution in [0.5, 0.6) is 17.2 Å². The van der Waals surface area contributed by atoms with Gasteiger partial charge in [-0.1, -0.05) is 13.8 Å². The van der Waals surface area contributed by atoms with Gasteiger partial charge < -0.3 is 29.2 Å². The van der Waals surface area contributed by atoms with Crippen molar-refractivity contribution in [2.24, 2.45) is 5.92 Å². The minimum Gasteiger partial charge on any atom is -0.493 e. The number of nitrogens with zero attached hydrogens (tertiary/aromatic N) is 1. The minimum absolute atomic E-state index is 0.0389. The van der Waals surface area contributed by atoms with Crippen molar-refractivity contribution < 1.29 is 28.5 Å². The Balaban J connectivity index is 1.54. The maximum absolute atomic E-state index is 12.8. The lowest BCUT2D eigenvalue weighted by Gasteiger charge is -2.39. The third-order valence-electron chi connectivity index (χ3n) is 6.39. The van der Waals surface area contributed by atoms with Gasteiger partial charge in [0.05, 0.1) is 38.6 Å². The van der Waals surface area contributed by atoms with E-state index in [9.17, 15) is 9.59 Å². The Hall–Kier alpha value is -2.48. The van der Waals surface area contributed by atoms with Gasteiger partial charge >= 0.3 is 0 Å². The normalized spacial score (nSPS) is 19.8. The quantitative estimate of drug-likeness (QED) is 0.658. The average Bonchev–Trinajstić information content (AvgIpc) is 3.18. The van der Waals surface area contributed by atoms with E-state index in [2.05, 4.69) is 19.2 Å². The Labute approximate surface area is 190 Å². The van der Waals surface area contributed by atoms with E-state index in [1.165, 1.54) is 21.3 Å². The summed E-state index contributed by atoms with van der Waals surface area (Å²) in [5.74, 6) is 1.59. The molecule has 2 heterocycles. The standard InChI is InChI=1S/C24H36N2O6/c1-16(2)14-20(27)26-12-10-24(11-13-26)9-8-17(32-24)15-25-23(28)18-6-7-19(29-3)22(31-5)21(18)30-4/h6-7,16-17H,8-15H2,1-5H3,(H,25,28)/t17-/m0/s1. The Bertz CT molecular complexity index is 817. The van der Waals surface area contributed by atoms with Crippen LogP contribution in [0, 0.1) is 5.92 Å². The predicted octanol–water partition coefficient (Wildman–Crippen LogP) is 3.03. The van der Waals surface area contributed by atoms with Gasteiger partial charge in [0, 0.05) is 26.1 Å². The van der Waals surface area contributed by atoms with Gasteiger partial charge in [0.2, 0.25) is 11.7 Å². The smallest absolute Gasteiger partial charge is 0.255 e. The second-order valence-corrected chi connectivity index (χ2v) is 9.03. The zero-order valence-corrected chi connectivity index (χ0v) is 19.9. The van der Waals surface area contributed by atoms with E-state index in [1.807, 2.05) is 4.90 Å². The van der Waals surface area contributed by atoms with Crippen molar-refractivity contribution in [2.75, 3.05) is 41.0 Å². The topological polar surface area (TPSA) is 86.3 Å². The summed E-state index contributed by atoms with van der Waals surface area (Å²) in [5, 5.41) is 2.97. The van der Waals surface area contributed by atoms with Gasteiger partial charge in [-0.15, -0.1) is 0 Å². The van der Waals surface area contributed by atoms with Crippen LogP contribution in [-0.2, 0) is 9.53 Å². The molecule has 2 saturated heterocycles. The lowest BCUT2D eigenvalue weighted by atomic mass is 9.88. The molecular weight excluding hydrogens is 412 g/mol. The zero-order valence-electron chi connectivity index (χ0n) is 19.9. The SMILES string of the molecule is COc1ccc(C(=O)NC[C@@H]2CCC3(CCN(C(=O)CC(C)C)CC3)O2)c(OC)c1OC. The van der Waals surface area contributed by atoms with Crippen LogP contribution >= 0.6 is 0 Å². The highest BCUT2D eigenvalue weighted by atomic mass is 16.5. The molecule has 3 rings (SSSR count). The Kier molecular flexibility index (Phi) is 7.87. The molecular formula is C24H36N2O6. The molecule has 2 aliphatic heterocycles. The molecule has 0 bridgehead atoms. The number of rotatable bonds is 8. The summed E-state index contributed by atoms with van der Waals surface area (Å²) in [4.78, 5) is 27.1. The Morgan fingerprint density at radius 2 is 1.78 bits per heavy atom. The summed E-state index contributed by atoms with van der Waals surface area (Å²) in [6.07, 6.45) is 4.11. The molecule has 32 heavy (non-hydrogen) atoms. The molecule has 8 heteroatoms. The van der Waals surface area contributed by atoms with Crippen molar-refractivity contribution in [1.29, 1.82) is 0 Å². The monoisotopic (exact) mass is 448 g/mol. The van der Waals surface area contributed by atoms with Gasteiger partial charge in [-0.3, -0.25) is 9.59 Å². The molecule has 8 nitrogen and oxygen atoms in total. The zero-order chi connectivity index (χ0) is 23.3. The van der Waals surface area contributed by atoms with Gasteiger partial charge in [-0.25, -0.2) is 0 Å². The fourth-order valence-electron chi connectivity index (χ4n) is 4.63. The third-order valence-corrected chi connectivity index (χ3v) is 6.39. The lowest BCUT2D eigenvalue weighted by Crippen LogP contribution is -2.47. The molecule has 0 aromatic heterocycles. The first-order valence-corrected chi connectivity index (χ1v) is 11.3. The van der Waals surface area contributed by atoms with Crippen LogP contribution in [0.4, 0.5) is 0 Å². The number of methoxy groups -OCH3 is 3. The summed E-state index contributed by atoms with van der Waals surface area (Å²) >= 11 is 0. The maximum Gasteiger partial charge on any atom is 0.255 e. The second kappa shape index (κ2) is 10.4. The first-order valence-electron chi connectivity index (χ1n) is 11.3. The number of ether oxygens (including phenoxy) is 4. The lowest BCUT2D eigenvalue weighted by molar-refractivity contribution is -0.138. The number of likely N-dealkylation sites (tertiary alicyclic amines) is 1. The van der Waals surface area contributed by atoms with Gasteiger partial charge in [0.15, 0.2) is 11.5 Å². The van der Waals surface area contributed by atoms with Crippen molar-refractivity contribution >= 4 is 11.8 Å². The van der Waals surface area contributed by atoms with Crippen LogP contribution in [-0.4, -0.2) is 69.4 Å². The van der Waals surface area contributed by atoms with Gasteiger partial charge in [-0.05, 0) is 43.7 Å². The number of hydrogen-bond donors (Lipinski definition) is 1. The summed E-state index contributed by atoms with van der Waals surface area (Å²) in [7, 11) is 4.54. The predicted molar refractivity (Wildman–Crippen MR) is 121 cm³/mol. The Morgan fingerprint density at radius 1 is 1.09 bits per heavy atom. The molecule has 1 spiro atoms. The number of carbonyl (C=O) groups is 2. The van der Waals surface area contributed by atoms with Crippen LogP contribution in [0.2, 0.25) is 0 Å². The van der Waals surface area contributed by atoms with Crippen LogP contribution < -0.4 is 19.5 Å². The molecule has 0 saturated carbocycles. The largest absolute Gasteiger partial charge is 0.493 e. The van der Waals surface area contributed by atoms with Crippen LogP contribution in [0.3, 0.4) is 0 Å². The number of carbonyl (C=O) groups excluding carboxylic acids is 2. The summed E-state index contributed by atoms with van der Waals surface area (Å²) < 4.78 is 22.5. The van der Waals surface area contributed by atoms with E-state index in [0.29, 0.717) is 41.7 Å². The number of amides is 2. The molecule has 178 valence electrons. The molecule has 1 aromatic carbocycles. The summed E-state index contributed by atoms with van der Waals surface area (Å²) in [6.45, 7) is 6.05. The van der Waals surface area contributed by atoms with Crippen molar-refractivity contribution in [1.82, 2.24) is 10.2 Å². The molecule has 1 N–H and O–H groups in total. The molecule has 1 atom stereocenters. The average molecular weight is 449 g/mol. The molecule has 0 unspecified atom stereocenters. The third kappa shape index (κ3) is 5.28. The summed E-state index contributed by atoms with van der Waals surface area (Å²) in [5.41, 5.74) is 0.209. The van der Waals surface area contributed by atoms with E-state index >= 15 is 0 Å². The van der Waals surface area contributed by atoms with Gasteiger partial charge in [0.1, 0.15) is 0 Å². The molecule has 2 aliphatic rings. The molecule has 0 radical (unpaired) electrons. The fourth-order valence-corrected chi connectivity index (χ4v) is 4.63. The van der Waals surface area contributed by atoms with Crippen LogP contribution in [0.1, 0.15) is 56.3 Å². The van der Waals surface area contributed by atoms with Crippen molar-refractivity contribution in [3.8, 4) is 17.2 Å². The van der Waals surface area contributed by atoms with Crippen molar-refractivity contribution in [3.05, 3.63) is 17.7 Å². The summed E-state index contributed by atoms with van der Waals surface area (Å²) in [6, 6.07) is 3.35. The number of nitrogens with one attached hydrogen (secondary N) is 1. The van der Waals surface area contributed by atoms with E-state index in [1.54, 1.807) is 12.1 Å². The van der Waals surface area contributed by atoms with E-state index < -0.39 is 0 Å². The molecule has 2 amide bonds. The molecule has 1 aromatic rings. The van der Waals surface area contributed by atoms with Crippen LogP contribution in [0.25, 0.3) is 0 Å². The van der Waals surface area contributed by atoms with Crippen molar-refractivity contribution in [2.45, 2.75) is 57.7 Å². The number of hydrogen-bond acceptors (Lipinski definition) is 6. The minimum atomic E-state index is -0.249. The first kappa shape index (κ1) is 24.2. The number of piperidine rings is 1. The second-order valence-electron chi connectivity index (χ2n) is 9.03. The fraction of sp³-hybridized carbons (Fsp3) is 0.667.